The number of rotatable bonds is 6. The van der Waals surface area contributed by atoms with Crippen molar-refractivity contribution in [3.05, 3.63) is 0 Å². The largest absolute Gasteiger partial charge is 0.466 e. The Balaban J connectivity index is 2.18. The van der Waals surface area contributed by atoms with E-state index in [1.807, 2.05) is 0 Å². The molecule has 2 rings (SSSR count). The number of esters is 1. The van der Waals surface area contributed by atoms with Crippen molar-refractivity contribution in [1.29, 1.82) is 0 Å². The van der Waals surface area contributed by atoms with E-state index in [1.54, 1.807) is 11.8 Å². The zero-order valence-electron chi connectivity index (χ0n) is 19.0. The maximum atomic E-state index is 12.7. The van der Waals surface area contributed by atoms with E-state index < -0.39 is 5.97 Å². The molecule has 0 aliphatic carbocycles. The Kier molecular flexibility index (Phi) is 7.71. The molecule has 0 spiro atoms. The normalized spacial score (nSPS) is 26.6. The van der Waals surface area contributed by atoms with E-state index in [2.05, 4.69) is 32.6 Å². The Hall–Kier alpha value is -1.63. The Morgan fingerprint density at radius 2 is 1.69 bits per heavy atom. The highest BCUT2D eigenvalue weighted by Gasteiger charge is 2.45. The second-order valence-corrected chi connectivity index (χ2v) is 9.58. The molecule has 166 valence electrons. The number of Topliss-reactive ketones (excluding diaryl/α,β-unsaturated/α-hetero) is 1. The lowest BCUT2D eigenvalue weighted by atomic mass is 9.78. The van der Waals surface area contributed by atoms with Gasteiger partial charge in [0.15, 0.2) is 0 Å². The molecule has 0 bridgehead atoms. The Morgan fingerprint density at radius 1 is 1.07 bits per heavy atom. The predicted molar refractivity (Wildman–Crippen MR) is 111 cm³/mol. The number of ether oxygens (including phenoxy) is 2. The standard InChI is InChI=1S/C22H38N2O5/c1-7-29-19(26)14-18(25)16-9-12-23(20(27)28-6)17(13-16)15-24-21(2,3)10-8-11-22(24,4)5/h16-17H,7-15H2,1-6H3/t16-,17+/m0/s1. The molecule has 0 saturated carbocycles. The Morgan fingerprint density at radius 3 is 2.24 bits per heavy atom. The first-order chi connectivity index (χ1) is 13.5. The van der Waals surface area contributed by atoms with Crippen LogP contribution < -0.4 is 0 Å². The zero-order chi connectivity index (χ0) is 21.8. The van der Waals surface area contributed by atoms with Gasteiger partial charge >= 0.3 is 12.1 Å². The monoisotopic (exact) mass is 410 g/mol. The second-order valence-electron chi connectivity index (χ2n) is 9.58. The van der Waals surface area contributed by atoms with Crippen LogP contribution in [0.4, 0.5) is 4.79 Å². The van der Waals surface area contributed by atoms with E-state index in [9.17, 15) is 14.4 Å². The van der Waals surface area contributed by atoms with Crippen molar-refractivity contribution >= 4 is 17.8 Å². The van der Waals surface area contributed by atoms with Crippen LogP contribution in [-0.2, 0) is 19.1 Å². The lowest BCUT2D eigenvalue weighted by molar-refractivity contribution is -0.146. The average Bonchev–Trinajstić information content (AvgIpc) is 2.63. The van der Waals surface area contributed by atoms with Gasteiger partial charge in [0.2, 0.25) is 0 Å². The summed E-state index contributed by atoms with van der Waals surface area (Å²) in [5.74, 6) is -0.792. The summed E-state index contributed by atoms with van der Waals surface area (Å²) in [6, 6.07) is -0.121. The van der Waals surface area contributed by atoms with Crippen LogP contribution in [0.1, 0.15) is 73.1 Å². The fourth-order valence-corrected chi connectivity index (χ4v) is 5.12. The number of methoxy groups -OCH3 is 1. The van der Waals surface area contributed by atoms with Gasteiger partial charge in [-0.05, 0) is 66.7 Å². The lowest BCUT2D eigenvalue weighted by Crippen LogP contribution is -2.63. The zero-order valence-corrected chi connectivity index (χ0v) is 19.0. The number of carbonyl (C=O) groups is 3. The third-order valence-electron chi connectivity index (χ3n) is 6.64. The number of amides is 1. The third-order valence-corrected chi connectivity index (χ3v) is 6.64. The molecule has 0 aromatic carbocycles. The molecule has 29 heavy (non-hydrogen) atoms. The molecule has 7 heteroatoms. The van der Waals surface area contributed by atoms with Gasteiger partial charge in [-0.1, -0.05) is 0 Å². The van der Waals surface area contributed by atoms with Crippen LogP contribution in [0, 0.1) is 5.92 Å². The van der Waals surface area contributed by atoms with Crippen molar-refractivity contribution < 1.29 is 23.9 Å². The van der Waals surface area contributed by atoms with Gasteiger partial charge in [0.1, 0.15) is 12.2 Å². The van der Waals surface area contributed by atoms with Crippen molar-refractivity contribution in [2.24, 2.45) is 5.92 Å². The van der Waals surface area contributed by atoms with Crippen molar-refractivity contribution in [2.75, 3.05) is 26.8 Å². The van der Waals surface area contributed by atoms with E-state index in [0.29, 0.717) is 25.9 Å². The quantitative estimate of drug-likeness (QED) is 0.493. The Labute approximate surface area is 175 Å². The number of ketones is 1. The van der Waals surface area contributed by atoms with Crippen LogP contribution in [0.25, 0.3) is 0 Å². The maximum Gasteiger partial charge on any atom is 0.409 e. The number of carbonyl (C=O) groups excluding carboxylic acids is 3. The highest BCUT2D eigenvalue weighted by Crippen LogP contribution is 2.39. The first-order valence-corrected chi connectivity index (χ1v) is 10.8. The number of piperidine rings is 2. The summed E-state index contributed by atoms with van der Waals surface area (Å²) >= 11 is 0. The number of likely N-dealkylation sites (tertiary alicyclic amines) is 2. The number of hydrogen-bond acceptors (Lipinski definition) is 6. The molecular weight excluding hydrogens is 372 g/mol. The highest BCUT2D eigenvalue weighted by molar-refractivity contribution is 5.96. The van der Waals surface area contributed by atoms with Gasteiger partial charge in [0.25, 0.3) is 0 Å². The van der Waals surface area contributed by atoms with Gasteiger partial charge in [-0.2, -0.15) is 0 Å². The minimum Gasteiger partial charge on any atom is -0.466 e. The van der Waals surface area contributed by atoms with Gasteiger partial charge < -0.3 is 14.4 Å². The van der Waals surface area contributed by atoms with Crippen LogP contribution in [0.2, 0.25) is 0 Å². The van der Waals surface area contributed by atoms with Crippen LogP contribution >= 0.6 is 0 Å². The van der Waals surface area contributed by atoms with Crippen LogP contribution in [0.15, 0.2) is 0 Å². The number of hydrogen-bond donors (Lipinski definition) is 0. The van der Waals surface area contributed by atoms with E-state index in [4.69, 9.17) is 9.47 Å². The molecule has 2 fully saturated rings. The fourth-order valence-electron chi connectivity index (χ4n) is 5.12. The van der Waals surface area contributed by atoms with Gasteiger partial charge in [-0.3, -0.25) is 14.5 Å². The van der Waals surface area contributed by atoms with Gasteiger partial charge in [0.05, 0.1) is 13.7 Å². The van der Waals surface area contributed by atoms with Crippen molar-refractivity contribution in [3.8, 4) is 0 Å². The van der Waals surface area contributed by atoms with Crippen LogP contribution in [0.5, 0.6) is 0 Å². The molecule has 0 radical (unpaired) electrons. The third kappa shape index (κ3) is 5.71. The van der Waals surface area contributed by atoms with Gasteiger partial charge in [-0.25, -0.2) is 4.79 Å². The predicted octanol–water partition coefficient (Wildman–Crippen LogP) is 3.40. The number of nitrogens with zero attached hydrogens (tertiary/aromatic N) is 2. The summed E-state index contributed by atoms with van der Waals surface area (Å²) < 4.78 is 9.95. The topological polar surface area (TPSA) is 76.2 Å². The van der Waals surface area contributed by atoms with Crippen molar-refractivity contribution in [3.63, 3.8) is 0 Å². The molecule has 0 unspecified atom stereocenters. The van der Waals surface area contributed by atoms with Gasteiger partial charge in [0, 0.05) is 36.1 Å². The molecule has 2 aliphatic rings. The van der Waals surface area contributed by atoms with E-state index in [0.717, 1.165) is 12.8 Å². The summed E-state index contributed by atoms with van der Waals surface area (Å²) in [5.41, 5.74) is 0.0385. The summed E-state index contributed by atoms with van der Waals surface area (Å²) in [6.07, 6.45) is 3.96. The Bertz CT molecular complexity index is 600. The van der Waals surface area contributed by atoms with E-state index in [1.165, 1.54) is 13.5 Å². The SMILES string of the molecule is CCOC(=O)CC(=O)[C@H]1CCN(C(=O)OC)[C@@H](CN2C(C)(C)CCCC2(C)C)C1. The molecule has 2 atom stereocenters. The van der Waals surface area contributed by atoms with Crippen LogP contribution in [0.3, 0.4) is 0 Å². The summed E-state index contributed by atoms with van der Waals surface area (Å²) in [6.45, 7) is 12.2. The average molecular weight is 411 g/mol. The minimum atomic E-state index is -0.470. The summed E-state index contributed by atoms with van der Waals surface area (Å²) in [4.78, 5) is 41.1. The molecule has 0 aromatic heterocycles. The first-order valence-electron chi connectivity index (χ1n) is 10.8. The smallest absolute Gasteiger partial charge is 0.409 e. The summed E-state index contributed by atoms with van der Waals surface area (Å²) in [7, 11) is 1.39. The van der Waals surface area contributed by atoms with E-state index in [-0.39, 0.29) is 47.9 Å². The molecule has 0 aromatic rings. The molecule has 7 nitrogen and oxygen atoms in total. The summed E-state index contributed by atoms with van der Waals surface area (Å²) in [5, 5.41) is 0. The molecule has 1 amide bonds. The van der Waals surface area contributed by atoms with Crippen molar-refractivity contribution in [1.82, 2.24) is 9.80 Å². The van der Waals surface area contributed by atoms with Crippen LogP contribution in [-0.4, -0.2) is 71.6 Å². The highest BCUT2D eigenvalue weighted by atomic mass is 16.5. The molecule has 0 N–H and O–H groups in total. The lowest BCUT2D eigenvalue weighted by Gasteiger charge is -2.55. The fraction of sp³-hybridized carbons (Fsp3) is 0.864. The van der Waals surface area contributed by atoms with Crippen molar-refractivity contribution in [2.45, 2.75) is 90.3 Å². The van der Waals surface area contributed by atoms with Gasteiger partial charge in [-0.15, -0.1) is 0 Å². The second kappa shape index (κ2) is 9.45. The molecule has 2 heterocycles. The first kappa shape index (κ1) is 23.6. The minimum absolute atomic E-state index is 0.0193. The molecule has 2 aliphatic heterocycles. The van der Waals surface area contributed by atoms with E-state index >= 15 is 0 Å². The molecular formula is C22H38N2O5. The maximum absolute atomic E-state index is 12.7. The molecule has 2 saturated heterocycles.